The molecule has 1 aliphatic rings. The normalized spacial score (nSPS) is 11.7. The minimum absolute atomic E-state index is 0.485. The van der Waals surface area contributed by atoms with Gasteiger partial charge in [0.2, 0.25) is 0 Å². The average molecular weight is 383 g/mol. The predicted octanol–water partition coefficient (Wildman–Crippen LogP) is 5.26. The molecule has 0 saturated heterocycles. The van der Waals surface area contributed by atoms with Gasteiger partial charge in [-0.25, -0.2) is 0 Å². The maximum absolute atomic E-state index is 9.71. The van der Waals surface area contributed by atoms with Crippen LogP contribution >= 0.6 is 0 Å². The fourth-order valence-electron chi connectivity index (χ4n) is 3.65. The maximum Gasteiger partial charge on any atom is 0.161 e. The van der Waals surface area contributed by atoms with E-state index < -0.39 is 0 Å². The van der Waals surface area contributed by atoms with Crippen LogP contribution in [-0.2, 0) is 6.42 Å². The van der Waals surface area contributed by atoms with Crippen LogP contribution in [0.15, 0.2) is 48.7 Å². The van der Waals surface area contributed by atoms with Crippen LogP contribution in [0.3, 0.4) is 0 Å². The van der Waals surface area contributed by atoms with Crippen molar-refractivity contribution in [2.24, 2.45) is 0 Å². The molecule has 5 heteroatoms. The number of allylic oxidation sites excluding steroid dienone is 1. The molecule has 4 rings (SSSR count). The Labute approximate surface area is 170 Å². The largest absolute Gasteiger partial charge is 0.493 e. The van der Waals surface area contributed by atoms with E-state index in [1.54, 1.807) is 20.4 Å². The summed E-state index contributed by atoms with van der Waals surface area (Å²) in [5.41, 5.74) is 7.25. The third kappa shape index (κ3) is 3.41. The highest BCUT2D eigenvalue weighted by molar-refractivity contribution is 5.87. The van der Waals surface area contributed by atoms with Crippen LogP contribution < -0.4 is 14.8 Å². The van der Waals surface area contributed by atoms with Crippen molar-refractivity contribution in [2.75, 3.05) is 19.5 Å². The summed E-state index contributed by atoms with van der Waals surface area (Å²) in [5, 5.41) is 13.2. The second kappa shape index (κ2) is 7.69. The van der Waals surface area contributed by atoms with Crippen LogP contribution in [0.5, 0.6) is 11.5 Å². The van der Waals surface area contributed by atoms with Crippen molar-refractivity contribution in [1.82, 2.24) is 4.98 Å². The third-order valence-electron chi connectivity index (χ3n) is 5.11. The molecule has 0 amide bonds. The molecule has 0 aliphatic heterocycles. The van der Waals surface area contributed by atoms with Gasteiger partial charge in [0.25, 0.3) is 0 Å². The van der Waals surface area contributed by atoms with E-state index in [0.717, 1.165) is 34.6 Å². The fraction of sp³-hybridized carbons (Fsp3) is 0.167. The number of fused-ring (bicyclic) bond motifs is 1. The average Bonchev–Trinajstić information content (AvgIpc) is 3.21. The molecule has 0 spiro atoms. The number of methoxy groups -OCH3 is 2. The first-order valence-corrected chi connectivity index (χ1v) is 9.33. The van der Waals surface area contributed by atoms with Gasteiger partial charge in [-0.05, 0) is 54.3 Å². The van der Waals surface area contributed by atoms with Gasteiger partial charge in [-0.15, -0.1) is 0 Å². The van der Waals surface area contributed by atoms with Crippen LogP contribution in [0, 0.1) is 18.3 Å². The molecule has 2 aromatic carbocycles. The number of hydrogen-bond acceptors (Lipinski definition) is 5. The van der Waals surface area contributed by atoms with Crippen LogP contribution in [0.4, 0.5) is 11.4 Å². The Morgan fingerprint density at radius 1 is 1.07 bits per heavy atom. The lowest BCUT2D eigenvalue weighted by Crippen LogP contribution is -2.02. The van der Waals surface area contributed by atoms with E-state index in [4.69, 9.17) is 9.47 Å². The van der Waals surface area contributed by atoms with Gasteiger partial charge in [0.05, 0.1) is 25.5 Å². The summed E-state index contributed by atoms with van der Waals surface area (Å²) in [6.07, 6.45) is 6.82. The van der Waals surface area contributed by atoms with Gasteiger partial charge in [0.1, 0.15) is 6.07 Å². The zero-order valence-electron chi connectivity index (χ0n) is 16.6. The van der Waals surface area contributed by atoms with Gasteiger partial charge in [0.15, 0.2) is 11.5 Å². The molecule has 0 unspecified atom stereocenters. The van der Waals surface area contributed by atoms with Crippen molar-refractivity contribution >= 4 is 17.5 Å². The summed E-state index contributed by atoms with van der Waals surface area (Å²) in [6, 6.07) is 14.2. The summed E-state index contributed by atoms with van der Waals surface area (Å²) in [4.78, 5) is 4.44. The Hall–Kier alpha value is -3.78. The summed E-state index contributed by atoms with van der Waals surface area (Å²) in [5.74, 6) is 1.28. The van der Waals surface area contributed by atoms with Crippen LogP contribution in [-0.4, -0.2) is 19.2 Å². The van der Waals surface area contributed by atoms with E-state index in [-0.39, 0.29) is 0 Å². The first-order valence-electron chi connectivity index (χ1n) is 9.33. The molecule has 1 aliphatic carbocycles. The van der Waals surface area contributed by atoms with E-state index >= 15 is 0 Å². The molecule has 0 fully saturated rings. The Morgan fingerprint density at radius 2 is 1.90 bits per heavy atom. The van der Waals surface area contributed by atoms with Crippen molar-refractivity contribution in [3.8, 4) is 28.7 Å². The lowest BCUT2D eigenvalue weighted by atomic mass is 9.98. The molecule has 0 saturated carbocycles. The first kappa shape index (κ1) is 18.6. The number of anilines is 2. The predicted molar refractivity (Wildman–Crippen MR) is 115 cm³/mol. The van der Waals surface area contributed by atoms with E-state index in [2.05, 4.69) is 40.7 Å². The van der Waals surface area contributed by atoms with Gasteiger partial charge >= 0.3 is 0 Å². The highest BCUT2D eigenvalue weighted by Crippen LogP contribution is 2.39. The van der Waals surface area contributed by atoms with Crippen molar-refractivity contribution in [1.29, 1.82) is 5.26 Å². The highest BCUT2D eigenvalue weighted by Gasteiger charge is 2.17. The Kier molecular flexibility index (Phi) is 4.92. The molecule has 1 N–H and O–H groups in total. The minimum Gasteiger partial charge on any atom is -0.493 e. The molecule has 5 nitrogen and oxygen atoms in total. The number of aromatic nitrogens is 1. The Morgan fingerprint density at radius 3 is 2.66 bits per heavy atom. The molecule has 144 valence electrons. The summed E-state index contributed by atoms with van der Waals surface area (Å²) in [6.45, 7) is 1.94. The molecule has 1 heterocycles. The summed E-state index contributed by atoms with van der Waals surface area (Å²) >= 11 is 0. The monoisotopic (exact) mass is 383 g/mol. The molecule has 0 radical (unpaired) electrons. The molecule has 0 atom stereocenters. The molecule has 0 bridgehead atoms. The maximum atomic E-state index is 9.71. The number of aryl methyl sites for hydroxylation is 1. The number of ether oxygens (including phenoxy) is 2. The first-order chi connectivity index (χ1) is 14.1. The van der Waals surface area contributed by atoms with Crippen molar-refractivity contribution in [2.45, 2.75) is 13.3 Å². The fourth-order valence-corrected chi connectivity index (χ4v) is 3.65. The Balaban J connectivity index is 1.84. The van der Waals surface area contributed by atoms with Gasteiger partial charge in [-0.1, -0.05) is 24.3 Å². The molecule has 29 heavy (non-hydrogen) atoms. The summed E-state index contributed by atoms with van der Waals surface area (Å²) in [7, 11) is 3.21. The second-order valence-corrected chi connectivity index (χ2v) is 6.83. The standard InChI is InChI=1S/C24H21N3O2/c1-15-23(18-8-10-21(28-2)22(12-18)29-3)24(19(13-25)14-26-15)27-20-9-7-16-5-4-6-17(16)11-20/h4-5,7-12,14H,6H2,1-3H3,(H,26,27). The number of rotatable bonds is 5. The van der Waals surface area contributed by atoms with Gasteiger partial charge in [-0.2, -0.15) is 5.26 Å². The van der Waals surface area contributed by atoms with E-state index in [9.17, 15) is 5.26 Å². The molecule has 3 aromatic rings. The number of nitriles is 1. The molecular weight excluding hydrogens is 362 g/mol. The zero-order valence-corrected chi connectivity index (χ0v) is 16.6. The second-order valence-electron chi connectivity index (χ2n) is 6.83. The van der Waals surface area contributed by atoms with Crippen molar-refractivity contribution < 1.29 is 9.47 Å². The lowest BCUT2D eigenvalue weighted by Gasteiger charge is -2.18. The quantitative estimate of drug-likeness (QED) is 0.651. The molecular formula is C24H21N3O2. The third-order valence-corrected chi connectivity index (χ3v) is 5.11. The van der Waals surface area contributed by atoms with E-state index in [1.807, 2.05) is 31.2 Å². The molecule has 1 aromatic heterocycles. The summed E-state index contributed by atoms with van der Waals surface area (Å²) < 4.78 is 10.8. The zero-order chi connectivity index (χ0) is 20.4. The number of nitrogens with zero attached hydrogens (tertiary/aromatic N) is 2. The smallest absolute Gasteiger partial charge is 0.161 e. The van der Waals surface area contributed by atoms with Crippen molar-refractivity contribution in [3.05, 3.63) is 71.1 Å². The van der Waals surface area contributed by atoms with Gasteiger partial charge < -0.3 is 14.8 Å². The number of benzene rings is 2. The lowest BCUT2D eigenvalue weighted by molar-refractivity contribution is 0.355. The van der Waals surface area contributed by atoms with Crippen molar-refractivity contribution in [3.63, 3.8) is 0 Å². The van der Waals surface area contributed by atoms with Crippen LogP contribution in [0.25, 0.3) is 17.2 Å². The van der Waals surface area contributed by atoms with Gasteiger partial charge in [-0.3, -0.25) is 4.98 Å². The highest BCUT2D eigenvalue weighted by atomic mass is 16.5. The van der Waals surface area contributed by atoms with E-state index in [0.29, 0.717) is 17.1 Å². The SMILES string of the molecule is COc1ccc(-c2c(C)ncc(C#N)c2Nc2ccc3c(c2)CC=C3)cc1OC. The van der Waals surface area contributed by atoms with Gasteiger partial charge in [0, 0.05) is 23.1 Å². The van der Waals surface area contributed by atoms with Crippen LogP contribution in [0.1, 0.15) is 22.4 Å². The van der Waals surface area contributed by atoms with E-state index in [1.165, 1.54) is 11.1 Å². The number of nitrogens with one attached hydrogen (secondary N) is 1. The minimum atomic E-state index is 0.485. The number of pyridine rings is 1. The number of hydrogen-bond donors (Lipinski definition) is 1. The topological polar surface area (TPSA) is 67.2 Å². The van der Waals surface area contributed by atoms with Crippen LogP contribution in [0.2, 0.25) is 0 Å². The Bertz CT molecular complexity index is 1160.